The lowest BCUT2D eigenvalue weighted by Gasteiger charge is -1.95. The van der Waals surface area contributed by atoms with Crippen LogP contribution in [0.2, 0.25) is 0 Å². The molecule has 0 saturated carbocycles. The summed E-state index contributed by atoms with van der Waals surface area (Å²) in [5.41, 5.74) is 1.27. The molecule has 1 nitrogen and oxygen atoms in total. The molecule has 0 aromatic rings. The molecule has 0 saturated heterocycles. The largest absolute Gasteiger partial charge is 0.494 e. The second kappa shape index (κ2) is 4.02. The molecule has 1 aliphatic rings. The molecule has 0 fully saturated rings. The van der Waals surface area contributed by atoms with E-state index in [0.29, 0.717) is 0 Å². The van der Waals surface area contributed by atoms with E-state index in [-0.39, 0.29) is 0 Å². The summed E-state index contributed by atoms with van der Waals surface area (Å²) in [4.78, 5) is 0. The Morgan fingerprint density at radius 2 is 2.45 bits per heavy atom. The fourth-order valence-corrected chi connectivity index (χ4v) is 0.863. The van der Waals surface area contributed by atoms with Crippen molar-refractivity contribution in [2.24, 2.45) is 0 Å². The first-order valence-corrected chi connectivity index (χ1v) is 3.97. The average Bonchev–Trinajstić information content (AvgIpc) is 2.52. The van der Waals surface area contributed by atoms with E-state index < -0.39 is 0 Å². The van der Waals surface area contributed by atoms with Gasteiger partial charge in [-0.05, 0) is 26.0 Å². The van der Waals surface area contributed by atoms with E-state index in [1.165, 1.54) is 5.57 Å². The first kappa shape index (κ1) is 8.12. The van der Waals surface area contributed by atoms with Crippen molar-refractivity contribution in [3.8, 4) is 0 Å². The Morgan fingerprint density at radius 1 is 1.64 bits per heavy atom. The molecule has 0 amide bonds. The molecule has 0 bridgehead atoms. The lowest BCUT2D eigenvalue weighted by Crippen LogP contribution is -1.79. The number of hydrogen-bond donors (Lipinski definition) is 0. The highest BCUT2D eigenvalue weighted by Crippen LogP contribution is 2.10. The van der Waals surface area contributed by atoms with Crippen molar-refractivity contribution in [2.75, 3.05) is 6.61 Å². The van der Waals surface area contributed by atoms with Crippen LogP contribution in [0.4, 0.5) is 0 Å². The van der Waals surface area contributed by atoms with E-state index in [9.17, 15) is 0 Å². The summed E-state index contributed by atoms with van der Waals surface area (Å²) >= 11 is 0. The summed E-state index contributed by atoms with van der Waals surface area (Å²) in [5.74, 6) is 1.01. The Hall–Kier alpha value is -0.980. The minimum absolute atomic E-state index is 0.842. The molecule has 0 aliphatic carbocycles. The van der Waals surface area contributed by atoms with Gasteiger partial charge < -0.3 is 4.74 Å². The van der Waals surface area contributed by atoms with E-state index in [1.54, 1.807) is 0 Å². The number of hydrogen-bond acceptors (Lipinski definition) is 1. The lowest BCUT2D eigenvalue weighted by atomic mass is 10.2. The first-order valence-electron chi connectivity index (χ1n) is 3.97. The summed E-state index contributed by atoms with van der Waals surface area (Å²) in [7, 11) is 0. The Bertz CT molecular complexity index is 209. The zero-order valence-electron chi connectivity index (χ0n) is 7.13. The lowest BCUT2D eigenvalue weighted by molar-refractivity contribution is 0.257. The van der Waals surface area contributed by atoms with Crippen LogP contribution < -0.4 is 0 Å². The fraction of sp³-hybridized carbons (Fsp3) is 0.400. The molecule has 0 atom stereocenters. The maximum atomic E-state index is 5.29. The van der Waals surface area contributed by atoms with Crippen molar-refractivity contribution < 1.29 is 4.74 Å². The number of ether oxygens (including phenoxy) is 1. The van der Waals surface area contributed by atoms with Gasteiger partial charge in [0.15, 0.2) is 0 Å². The van der Waals surface area contributed by atoms with Gasteiger partial charge >= 0.3 is 0 Å². The van der Waals surface area contributed by atoms with E-state index in [1.807, 2.05) is 13.0 Å². The maximum Gasteiger partial charge on any atom is 0.115 e. The average molecular weight is 150 g/mol. The van der Waals surface area contributed by atoms with Crippen LogP contribution in [0.25, 0.3) is 0 Å². The fourth-order valence-electron chi connectivity index (χ4n) is 0.863. The van der Waals surface area contributed by atoms with Crippen molar-refractivity contribution in [3.05, 3.63) is 35.6 Å². The smallest absolute Gasteiger partial charge is 0.115 e. The highest BCUT2D eigenvalue weighted by molar-refractivity contribution is 5.24. The highest BCUT2D eigenvalue weighted by atomic mass is 16.5. The molecule has 1 heteroatoms. The summed E-state index contributed by atoms with van der Waals surface area (Å²) in [6, 6.07) is 0. The van der Waals surface area contributed by atoms with Crippen LogP contribution in [0.1, 0.15) is 20.3 Å². The molecule has 0 unspecified atom stereocenters. The van der Waals surface area contributed by atoms with Crippen LogP contribution in [0.3, 0.4) is 0 Å². The molecule has 0 aromatic heterocycles. The Balaban J connectivity index is 2.46. The van der Waals surface area contributed by atoms with Crippen molar-refractivity contribution in [1.82, 2.24) is 0 Å². The predicted octanol–water partition coefficient (Wildman–Crippen LogP) is 2.81. The Kier molecular flexibility index (Phi) is 2.96. The van der Waals surface area contributed by atoms with Crippen LogP contribution in [0, 0.1) is 0 Å². The molecule has 60 valence electrons. The monoisotopic (exact) mass is 150 g/mol. The zero-order chi connectivity index (χ0) is 8.10. The van der Waals surface area contributed by atoms with Crippen LogP contribution in [0.5, 0.6) is 0 Å². The second-order valence-electron chi connectivity index (χ2n) is 2.61. The SMILES string of the molecule is C/C=C(C)\C=C/C1=CCCO1. The summed E-state index contributed by atoms with van der Waals surface area (Å²) in [6.45, 7) is 4.95. The van der Waals surface area contributed by atoms with Crippen LogP contribution in [-0.4, -0.2) is 6.61 Å². The number of allylic oxidation sites excluding steroid dienone is 4. The minimum Gasteiger partial charge on any atom is -0.494 e. The first-order chi connectivity index (χ1) is 5.33. The number of rotatable bonds is 2. The third-order valence-electron chi connectivity index (χ3n) is 1.70. The Morgan fingerprint density at radius 3 is 3.00 bits per heavy atom. The van der Waals surface area contributed by atoms with Gasteiger partial charge in [0.2, 0.25) is 0 Å². The molecular formula is C10H14O. The van der Waals surface area contributed by atoms with Gasteiger partial charge in [0.05, 0.1) is 6.61 Å². The molecule has 1 rings (SSSR count). The summed E-state index contributed by atoms with van der Waals surface area (Å²) in [6.07, 6.45) is 9.32. The van der Waals surface area contributed by atoms with Crippen molar-refractivity contribution in [2.45, 2.75) is 20.3 Å². The zero-order valence-corrected chi connectivity index (χ0v) is 7.13. The van der Waals surface area contributed by atoms with E-state index >= 15 is 0 Å². The third-order valence-corrected chi connectivity index (χ3v) is 1.70. The topological polar surface area (TPSA) is 9.23 Å². The van der Waals surface area contributed by atoms with Gasteiger partial charge in [-0.1, -0.05) is 17.7 Å². The standard InChI is InChI=1S/C10H14O/c1-3-9(2)6-7-10-5-4-8-11-10/h3,5-7H,4,8H2,1-2H3/b7-6-,9-3-. The molecule has 11 heavy (non-hydrogen) atoms. The van der Waals surface area contributed by atoms with Crippen LogP contribution in [0.15, 0.2) is 35.6 Å². The predicted molar refractivity (Wildman–Crippen MR) is 47.2 cm³/mol. The van der Waals surface area contributed by atoms with Gasteiger partial charge in [-0.25, -0.2) is 0 Å². The quantitative estimate of drug-likeness (QED) is 0.550. The van der Waals surface area contributed by atoms with E-state index in [4.69, 9.17) is 4.74 Å². The maximum absolute atomic E-state index is 5.29. The molecule has 1 heterocycles. The normalized spacial score (nSPS) is 18.7. The summed E-state index contributed by atoms with van der Waals surface area (Å²) in [5, 5.41) is 0. The molecule has 0 aromatic carbocycles. The molecule has 1 aliphatic heterocycles. The van der Waals surface area contributed by atoms with Gasteiger partial charge in [-0.2, -0.15) is 0 Å². The van der Waals surface area contributed by atoms with Gasteiger partial charge in [0.1, 0.15) is 5.76 Å². The summed E-state index contributed by atoms with van der Waals surface area (Å²) < 4.78 is 5.29. The van der Waals surface area contributed by atoms with Gasteiger partial charge in [-0.15, -0.1) is 0 Å². The van der Waals surface area contributed by atoms with Crippen molar-refractivity contribution in [3.63, 3.8) is 0 Å². The van der Waals surface area contributed by atoms with Crippen LogP contribution >= 0.6 is 0 Å². The van der Waals surface area contributed by atoms with Crippen LogP contribution in [-0.2, 0) is 4.74 Å². The molecule has 0 spiro atoms. The van der Waals surface area contributed by atoms with Gasteiger partial charge in [0, 0.05) is 6.42 Å². The van der Waals surface area contributed by atoms with E-state index in [0.717, 1.165) is 18.8 Å². The third kappa shape index (κ3) is 2.62. The van der Waals surface area contributed by atoms with E-state index in [2.05, 4.69) is 25.2 Å². The van der Waals surface area contributed by atoms with Gasteiger partial charge in [0.25, 0.3) is 0 Å². The highest BCUT2D eigenvalue weighted by Gasteiger charge is 1.99. The molecular weight excluding hydrogens is 136 g/mol. The van der Waals surface area contributed by atoms with Gasteiger partial charge in [-0.3, -0.25) is 0 Å². The minimum atomic E-state index is 0.842. The second-order valence-corrected chi connectivity index (χ2v) is 2.61. The Labute approximate surface area is 68.1 Å². The molecule has 0 N–H and O–H groups in total. The van der Waals surface area contributed by atoms with Crippen molar-refractivity contribution >= 4 is 0 Å². The van der Waals surface area contributed by atoms with Crippen molar-refractivity contribution in [1.29, 1.82) is 0 Å². The molecule has 0 radical (unpaired) electrons.